The van der Waals surface area contributed by atoms with E-state index < -0.39 is 5.91 Å². The lowest BCUT2D eigenvalue weighted by atomic mass is 10.2. The molecule has 0 bridgehead atoms. The molecule has 7 nitrogen and oxygen atoms in total. The Morgan fingerprint density at radius 1 is 1.38 bits per heavy atom. The first-order valence-electron chi connectivity index (χ1n) is 6.95. The van der Waals surface area contributed by atoms with Crippen molar-refractivity contribution >= 4 is 12.1 Å². The van der Waals surface area contributed by atoms with E-state index in [-0.39, 0.29) is 12.4 Å². The van der Waals surface area contributed by atoms with Gasteiger partial charge in [0, 0.05) is 5.56 Å². The van der Waals surface area contributed by atoms with Crippen molar-refractivity contribution in [1.29, 1.82) is 5.26 Å². The van der Waals surface area contributed by atoms with Crippen LogP contribution in [-0.2, 0) is 4.79 Å². The van der Waals surface area contributed by atoms with Crippen LogP contribution in [0.25, 0.3) is 0 Å². The molecule has 0 atom stereocenters. The van der Waals surface area contributed by atoms with Gasteiger partial charge in [-0.15, -0.1) is 0 Å². The van der Waals surface area contributed by atoms with Crippen LogP contribution < -0.4 is 14.9 Å². The Bertz CT molecular complexity index is 797. The maximum absolute atomic E-state index is 11.7. The van der Waals surface area contributed by atoms with Crippen LogP contribution in [0.4, 0.5) is 0 Å². The van der Waals surface area contributed by atoms with Crippen molar-refractivity contribution in [1.82, 2.24) is 5.43 Å². The van der Waals surface area contributed by atoms with Gasteiger partial charge in [-0.05, 0) is 30.3 Å². The lowest BCUT2D eigenvalue weighted by Crippen LogP contribution is -2.24. The molecular formula is C17H15N3O4. The second-order valence-electron chi connectivity index (χ2n) is 4.61. The van der Waals surface area contributed by atoms with Gasteiger partial charge in [0.05, 0.1) is 18.9 Å². The fraction of sp³-hybridized carbons (Fsp3) is 0.118. The second-order valence-corrected chi connectivity index (χ2v) is 4.61. The van der Waals surface area contributed by atoms with Crippen LogP contribution in [0.2, 0.25) is 0 Å². The number of ether oxygens (including phenoxy) is 2. The minimum absolute atomic E-state index is 0.00740. The van der Waals surface area contributed by atoms with Crippen LogP contribution in [0.1, 0.15) is 11.1 Å². The molecule has 0 aromatic heterocycles. The lowest BCUT2D eigenvalue weighted by Gasteiger charge is -2.06. The van der Waals surface area contributed by atoms with E-state index in [1.807, 2.05) is 6.07 Å². The Morgan fingerprint density at radius 3 is 2.92 bits per heavy atom. The Labute approximate surface area is 138 Å². The molecule has 7 heteroatoms. The van der Waals surface area contributed by atoms with E-state index in [1.165, 1.54) is 19.4 Å². The van der Waals surface area contributed by atoms with E-state index in [0.717, 1.165) is 0 Å². The average Bonchev–Trinajstić information content (AvgIpc) is 2.61. The number of aromatic hydroxyl groups is 1. The number of hydrogen-bond donors (Lipinski definition) is 2. The van der Waals surface area contributed by atoms with E-state index in [9.17, 15) is 9.90 Å². The van der Waals surface area contributed by atoms with Crippen LogP contribution in [0.5, 0.6) is 17.2 Å². The third-order valence-corrected chi connectivity index (χ3v) is 2.99. The van der Waals surface area contributed by atoms with Crippen molar-refractivity contribution in [2.75, 3.05) is 13.7 Å². The second kappa shape index (κ2) is 8.19. The molecule has 0 fully saturated rings. The summed E-state index contributed by atoms with van der Waals surface area (Å²) < 4.78 is 10.3. The fourth-order valence-electron chi connectivity index (χ4n) is 1.80. The third kappa shape index (κ3) is 4.48. The van der Waals surface area contributed by atoms with Crippen molar-refractivity contribution in [2.24, 2.45) is 5.10 Å². The molecule has 122 valence electrons. The van der Waals surface area contributed by atoms with E-state index >= 15 is 0 Å². The van der Waals surface area contributed by atoms with E-state index in [2.05, 4.69) is 10.5 Å². The van der Waals surface area contributed by atoms with Gasteiger partial charge in [0.2, 0.25) is 0 Å². The first-order valence-corrected chi connectivity index (χ1v) is 6.95. The number of nitriles is 1. The van der Waals surface area contributed by atoms with Gasteiger partial charge in [-0.2, -0.15) is 10.4 Å². The molecular weight excluding hydrogens is 310 g/mol. The van der Waals surface area contributed by atoms with Gasteiger partial charge in [-0.25, -0.2) is 5.43 Å². The number of rotatable bonds is 6. The van der Waals surface area contributed by atoms with Crippen molar-refractivity contribution < 1.29 is 19.4 Å². The highest BCUT2D eigenvalue weighted by atomic mass is 16.5. The Kier molecular flexibility index (Phi) is 5.75. The lowest BCUT2D eigenvalue weighted by molar-refractivity contribution is -0.123. The zero-order valence-corrected chi connectivity index (χ0v) is 12.9. The van der Waals surface area contributed by atoms with E-state index in [4.69, 9.17) is 14.7 Å². The highest BCUT2D eigenvalue weighted by Gasteiger charge is 2.06. The Balaban J connectivity index is 1.90. The summed E-state index contributed by atoms with van der Waals surface area (Å²) in [6, 6.07) is 13.2. The van der Waals surface area contributed by atoms with E-state index in [0.29, 0.717) is 22.6 Å². The monoisotopic (exact) mass is 325 g/mol. The number of hydrazone groups is 1. The molecule has 24 heavy (non-hydrogen) atoms. The zero-order valence-electron chi connectivity index (χ0n) is 12.9. The zero-order chi connectivity index (χ0) is 17.4. The number of carbonyl (C=O) groups is 1. The first-order chi connectivity index (χ1) is 11.6. The molecule has 2 rings (SSSR count). The summed E-state index contributed by atoms with van der Waals surface area (Å²) in [5.74, 6) is 0.385. The van der Waals surface area contributed by atoms with Crippen molar-refractivity contribution in [3.63, 3.8) is 0 Å². The molecule has 0 aliphatic rings. The SMILES string of the molecule is COc1ccc(O)c(/C=N/NC(=O)COc2ccccc2C#N)c1. The molecule has 2 aromatic rings. The molecule has 0 saturated carbocycles. The summed E-state index contributed by atoms with van der Waals surface area (Å²) in [6.07, 6.45) is 1.29. The summed E-state index contributed by atoms with van der Waals surface area (Å²) in [5, 5.41) is 22.4. The van der Waals surface area contributed by atoms with Gasteiger partial charge in [-0.1, -0.05) is 12.1 Å². The number of carbonyl (C=O) groups excluding carboxylic acids is 1. The number of methoxy groups -OCH3 is 1. The maximum atomic E-state index is 11.7. The minimum Gasteiger partial charge on any atom is -0.507 e. The van der Waals surface area contributed by atoms with Crippen molar-refractivity contribution in [3.05, 3.63) is 53.6 Å². The summed E-state index contributed by atoms with van der Waals surface area (Å²) in [7, 11) is 1.51. The number of phenols is 1. The molecule has 0 unspecified atom stereocenters. The molecule has 0 heterocycles. The molecule has 0 saturated heterocycles. The summed E-state index contributed by atoms with van der Waals surface area (Å²) in [4.78, 5) is 11.7. The quantitative estimate of drug-likeness (QED) is 0.622. The van der Waals surface area contributed by atoms with Gasteiger partial charge >= 0.3 is 0 Å². The predicted octanol–water partition coefficient (Wildman–Crippen LogP) is 1.80. The molecule has 0 radical (unpaired) electrons. The number of nitrogens with one attached hydrogen (secondary N) is 1. The largest absolute Gasteiger partial charge is 0.507 e. The number of hydrogen-bond acceptors (Lipinski definition) is 6. The van der Waals surface area contributed by atoms with Gasteiger partial charge in [0.1, 0.15) is 23.3 Å². The minimum atomic E-state index is -0.499. The maximum Gasteiger partial charge on any atom is 0.277 e. The highest BCUT2D eigenvalue weighted by molar-refractivity contribution is 5.85. The van der Waals surface area contributed by atoms with Gasteiger partial charge in [0.15, 0.2) is 6.61 Å². The van der Waals surface area contributed by atoms with Crippen LogP contribution in [0.15, 0.2) is 47.6 Å². The molecule has 0 aliphatic heterocycles. The number of amides is 1. The van der Waals surface area contributed by atoms with Crippen molar-refractivity contribution in [3.8, 4) is 23.3 Å². The van der Waals surface area contributed by atoms with Crippen LogP contribution in [-0.4, -0.2) is 30.9 Å². The average molecular weight is 325 g/mol. The normalized spacial score (nSPS) is 10.2. The Hall–Kier alpha value is -3.53. The first kappa shape index (κ1) is 16.8. The van der Waals surface area contributed by atoms with Crippen molar-refractivity contribution in [2.45, 2.75) is 0 Å². The third-order valence-electron chi connectivity index (χ3n) is 2.99. The summed E-state index contributed by atoms with van der Waals surface area (Å²) in [5.41, 5.74) is 3.01. The number of benzene rings is 2. The Morgan fingerprint density at radius 2 is 2.17 bits per heavy atom. The smallest absolute Gasteiger partial charge is 0.277 e. The predicted molar refractivity (Wildman–Crippen MR) is 87.0 cm³/mol. The molecule has 2 aromatic carbocycles. The molecule has 0 spiro atoms. The molecule has 2 N–H and O–H groups in total. The number of nitrogens with zero attached hydrogens (tertiary/aromatic N) is 2. The van der Waals surface area contributed by atoms with Gasteiger partial charge < -0.3 is 14.6 Å². The summed E-state index contributed by atoms with van der Waals surface area (Å²) >= 11 is 0. The summed E-state index contributed by atoms with van der Waals surface area (Å²) in [6.45, 7) is -0.292. The van der Waals surface area contributed by atoms with Crippen LogP contribution in [0.3, 0.4) is 0 Å². The highest BCUT2D eigenvalue weighted by Crippen LogP contribution is 2.21. The van der Waals surface area contributed by atoms with Gasteiger partial charge in [-0.3, -0.25) is 4.79 Å². The topological polar surface area (TPSA) is 104 Å². The molecule has 1 amide bonds. The fourth-order valence-corrected chi connectivity index (χ4v) is 1.80. The van der Waals surface area contributed by atoms with E-state index in [1.54, 1.807) is 36.4 Å². The molecule has 0 aliphatic carbocycles. The van der Waals surface area contributed by atoms with Gasteiger partial charge in [0.25, 0.3) is 5.91 Å². The number of para-hydroxylation sites is 1. The standard InChI is InChI=1S/C17H15N3O4/c1-23-14-6-7-15(21)13(8-14)10-19-20-17(22)11-24-16-5-3-2-4-12(16)9-18/h2-8,10,21H,11H2,1H3,(H,20,22)/b19-10+. The van der Waals surface area contributed by atoms with Crippen LogP contribution in [0, 0.1) is 11.3 Å². The number of phenolic OH excluding ortho intramolecular Hbond substituents is 1. The van der Waals surface area contributed by atoms with Crippen LogP contribution >= 0.6 is 0 Å².